The van der Waals surface area contributed by atoms with Crippen LogP contribution in [0.25, 0.3) is 0 Å². The average Bonchev–Trinajstić information content (AvgIpc) is 2.50. The highest BCUT2D eigenvalue weighted by molar-refractivity contribution is 4.88. The third-order valence-corrected chi connectivity index (χ3v) is 5.70. The van der Waals surface area contributed by atoms with E-state index in [1.165, 1.54) is 65.1 Å². The van der Waals surface area contributed by atoms with Gasteiger partial charge in [-0.2, -0.15) is 0 Å². The van der Waals surface area contributed by atoms with Crippen molar-refractivity contribution < 1.29 is 0 Å². The summed E-state index contributed by atoms with van der Waals surface area (Å²) in [5.41, 5.74) is 0. The molecule has 4 nitrogen and oxygen atoms in total. The predicted molar refractivity (Wildman–Crippen MR) is 90.8 cm³/mol. The summed E-state index contributed by atoms with van der Waals surface area (Å²) in [7, 11) is 4.61. The van der Waals surface area contributed by atoms with Crippen molar-refractivity contribution in [1.29, 1.82) is 0 Å². The molecule has 2 aliphatic heterocycles. The molecule has 2 aliphatic rings. The monoisotopic (exact) mass is 296 g/mol. The molecule has 21 heavy (non-hydrogen) atoms. The number of hydrogen-bond acceptors (Lipinski definition) is 4. The largest absolute Gasteiger partial charge is 0.315 e. The molecule has 0 spiro atoms. The summed E-state index contributed by atoms with van der Waals surface area (Å²) < 4.78 is 0. The number of likely N-dealkylation sites (tertiary alicyclic amines) is 1. The molecule has 2 unspecified atom stereocenters. The number of likely N-dealkylation sites (N-methyl/N-ethyl adjacent to an activating group) is 1. The zero-order valence-corrected chi connectivity index (χ0v) is 14.6. The van der Waals surface area contributed by atoms with Crippen LogP contribution in [-0.2, 0) is 0 Å². The highest BCUT2D eigenvalue weighted by Gasteiger charge is 2.31. The Labute approximate surface area is 131 Å². The standard InChI is InChI=1S/C17H36N4/c1-5-21(6-2)17-13-18-10-7-15(17)14-20(4)16-8-11-19(3)12-9-16/h15-18H,5-14H2,1-4H3. The van der Waals surface area contributed by atoms with E-state index in [1.807, 2.05) is 0 Å². The first-order chi connectivity index (χ1) is 10.2. The molecule has 0 saturated carbocycles. The number of nitrogens with one attached hydrogen (secondary N) is 1. The Morgan fingerprint density at radius 3 is 2.38 bits per heavy atom. The second-order valence-corrected chi connectivity index (χ2v) is 7.02. The number of piperidine rings is 2. The van der Waals surface area contributed by atoms with E-state index in [-0.39, 0.29) is 0 Å². The van der Waals surface area contributed by atoms with Gasteiger partial charge in [0.05, 0.1) is 0 Å². The molecule has 0 amide bonds. The molecule has 0 bridgehead atoms. The van der Waals surface area contributed by atoms with E-state index in [2.05, 4.69) is 48.0 Å². The Kier molecular flexibility index (Phi) is 6.93. The van der Waals surface area contributed by atoms with Gasteiger partial charge in [-0.3, -0.25) is 4.90 Å². The van der Waals surface area contributed by atoms with Gasteiger partial charge in [0.15, 0.2) is 0 Å². The fourth-order valence-electron chi connectivity index (χ4n) is 4.18. The summed E-state index contributed by atoms with van der Waals surface area (Å²) in [6.45, 7) is 13.1. The lowest BCUT2D eigenvalue weighted by Gasteiger charge is -2.43. The summed E-state index contributed by atoms with van der Waals surface area (Å²) >= 11 is 0. The van der Waals surface area contributed by atoms with E-state index in [9.17, 15) is 0 Å². The van der Waals surface area contributed by atoms with Crippen LogP contribution >= 0.6 is 0 Å². The zero-order valence-electron chi connectivity index (χ0n) is 14.6. The molecule has 2 fully saturated rings. The summed E-state index contributed by atoms with van der Waals surface area (Å²) in [5, 5.41) is 3.61. The van der Waals surface area contributed by atoms with Crippen LogP contribution < -0.4 is 5.32 Å². The van der Waals surface area contributed by atoms with Crippen molar-refractivity contribution in [3.63, 3.8) is 0 Å². The summed E-state index contributed by atoms with van der Waals surface area (Å²) in [4.78, 5) is 7.78. The van der Waals surface area contributed by atoms with E-state index in [0.717, 1.165) is 18.0 Å². The van der Waals surface area contributed by atoms with Crippen molar-refractivity contribution in [2.45, 2.75) is 45.2 Å². The smallest absolute Gasteiger partial charge is 0.0261 e. The van der Waals surface area contributed by atoms with Crippen LogP contribution in [0.2, 0.25) is 0 Å². The average molecular weight is 297 g/mol. The summed E-state index contributed by atoms with van der Waals surface area (Å²) in [5.74, 6) is 0.829. The van der Waals surface area contributed by atoms with E-state index < -0.39 is 0 Å². The lowest BCUT2D eigenvalue weighted by molar-refractivity contribution is 0.0720. The van der Waals surface area contributed by atoms with Crippen molar-refractivity contribution in [1.82, 2.24) is 20.0 Å². The SMILES string of the molecule is CCN(CC)C1CNCCC1CN(C)C1CCN(C)CC1. The lowest BCUT2D eigenvalue weighted by atomic mass is 9.90. The van der Waals surface area contributed by atoms with Gasteiger partial charge in [-0.25, -0.2) is 0 Å². The fourth-order valence-corrected chi connectivity index (χ4v) is 4.18. The van der Waals surface area contributed by atoms with Crippen molar-refractivity contribution in [3.05, 3.63) is 0 Å². The van der Waals surface area contributed by atoms with Crippen LogP contribution in [-0.4, -0.2) is 86.7 Å². The lowest BCUT2D eigenvalue weighted by Crippen LogP contribution is -2.55. The Morgan fingerprint density at radius 2 is 1.76 bits per heavy atom. The quantitative estimate of drug-likeness (QED) is 0.798. The minimum absolute atomic E-state index is 0.725. The molecule has 0 aliphatic carbocycles. The highest BCUT2D eigenvalue weighted by Crippen LogP contribution is 2.22. The van der Waals surface area contributed by atoms with E-state index in [1.54, 1.807) is 0 Å². The fraction of sp³-hybridized carbons (Fsp3) is 1.00. The first kappa shape index (κ1) is 17.2. The molecule has 0 aromatic carbocycles. The molecule has 2 atom stereocenters. The zero-order chi connectivity index (χ0) is 15.2. The van der Waals surface area contributed by atoms with Gasteiger partial charge in [0.1, 0.15) is 0 Å². The second kappa shape index (κ2) is 8.47. The highest BCUT2D eigenvalue weighted by atomic mass is 15.2. The number of rotatable bonds is 6. The normalized spacial score (nSPS) is 29.4. The Balaban J connectivity index is 1.89. The molecule has 1 N–H and O–H groups in total. The topological polar surface area (TPSA) is 21.8 Å². The maximum atomic E-state index is 3.61. The maximum absolute atomic E-state index is 3.61. The van der Waals surface area contributed by atoms with Gasteiger partial charge in [-0.1, -0.05) is 13.8 Å². The summed E-state index contributed by atoms with van der Waals surface area (Å²) in [6, 6.07) is 1.52. The minimum atomic E-state index is 0.725. The van der Waals surface area contributed by atoms with Gasteiger partial charge >= 0.3 is 0 Å². The van der Waals surface area contributed by atoms with Gasteiger partial charge in [0.2, 0.25) is 0 Å². The number of nitrogens with zero attached hydrogens (tertiary/aromatic N) is 3. The van der Waals surface area contributed by atoms with Crippen molar-refractivity contribution in [2.75, 3.05) is 59.9 Å². The van der Waals surface area contributed by atoms with E-state index >= 15 is 0 Å². The minimum Gasteiger partial charge on any atom is -0.315 e. The molecule has 0 radical (unpaired) electrons. The predicted octanol–water partition coefficient (Wildman–Crippen LogP) is 1.33. The van der Waals surface area contributed by atoms with Crippen LogP contribution in [0.3, 0.4) is 0 Å². The third-order valence-electron chi connectivity index (χ3n) is 5.70. The second-order valence-electron chi connectivity index (χ2n) is 7.02. The molecule has 4 heteroatoms. The van der Waals surface area contributed by atoms with Crippen LogP contribution in [0.5, 0.6) is 0 Å². The molecule has 2 heterocycles. The Hall–Kier alpha value is -0.160. The van der Waals surface area contributed by atoms with Gasteiger partial charge in [-0.05, 0) is 72.0 Å². The van der Waals surface area contributed by atoms with Crippen molar-refractivity contribution >= 4 is 0 Å². The molecule has 2 saturated heterocycles. The van der Waals surface area contributed by atoms with Gasteiger partial charge in [0.25, 0.3) is 0 Å². The molecular weight excluding hydrogens is 260 g/mol. The number of hydrogen-bond donors (Lipinski definition) is 1. The third kappa shape index (κ3) is 4.65. The van der Waals surface area contributed by atoms with E-state index in [0.29, 0.717) is 0 Å². The van der Waals surface area contributed by atoms with Crippen molar-refractivity contribution in [2.24, 2.45) is 5.92 Å². The van der Waals surface area contributed by atoms with Crippen LogP contribution in [0.15, 0.2) is 0 Å². The first-order valence-corrected chi connectivity index (χ1v) is 8.99. The first-order valence-electron chi connectivity index (χ1n) is 8.99. The van der Waals surface area contributed by atoms with Crippen LogP contribution in [0.4, 0.5) is 0 Å². The molecule has 2 rings (SSSR count). The van der Waals surface area contributed by atoms with Crippen molar-refractivity contribution in [3.8, 4) is 0 Å². The Bertz CT molecular complexity index is 285. The van der Waals surface area contributed by atoms with Gasteiger partial charge < -0.3 is 15.1 Å². The maximum Gasteiger partial charge on any atom is 0.0261 e. The molecule has 0 aromatic heterocycles. The molecular formula is C17H36N4. The molecule has 124 valence electrons. The van der Waals surface area contributed by atoms with E-state index in [4.69, 9.17) is 0 Å². The Morgan fingerprint density at radius 1 is 1.10 bits per heavy atom. The summed E-state index contributed by atoms with van der Waals surface area (Å²) in [6.07, 6.45) is 4.01. The van der Waals surface area contributed by atoms with Gasteiger partial charge in [0, 0.05) is 25.2 Å². The van der Waals surface area contributed by atoms with Gasteiger partial charge in [-0.15, -0.1) is 0 Å². The molecule has 0 aromatic rings. The van der Waals surface area contributed by atoms with Crippen LogP contribution in [0.1, 0.15) is 33.1 Å². The van der Waals surface area contributed by atoms with Crippen LogP contribution in [0, 0.1) is 5.92 Å².